The minimum atomic E-state index is -0.600. The summed E-state index contributed by atoms with van der Waals surface area (Å²) in [5.74, 6) is -0.894. The van der Waals surface area contributed by atoms with Crippen LogP contribution in [0.5, 0.6) is 0 Å². The monoisotopic (exact) mass is 138 g/mol. The predicted molar refractivity (Wildman–Crippen MR) is 25.8 cm³/mol. The molecule has 0 amide bonds. The fraction of sp³-hybridized carbons (Fsp3) is 0.400. The number of hydrogen-bond donors (Lipinski definition) is 0. The SMILES string of the molecule is CO/C([O-])=C/C(C)=O.[Na+]. The van der Waals surface area contributed by atoms with Gasteiger partial charge >= 0.3 is 29.6 Å². The zero-order valence-electron chi connectivity index (χ0n) is 5.80. The average molecular weight is 138 g/mol. The fourth-order valence-electron chi connectivity index (χ4n) is 0.225. The van der Waals surface area contributed by atoms with Crippen molar-refractivity contribution in [3.05, 3.63) is 12.0 Å². The van der Waals surface area contributed by atoms with Crippen LogP contribution in [-0.2, 0) is 9.53 Å². The van der Waals surface area contributed by atoms with Gasteiger partial charge in [-0.2, -0.15) is 0 Å². The molecule has 0 bridgehead atoms. The summed E-state index contributed by atoms with van der Waals surface area (Å²) in [6.07, 6.45) is 0.889. The molecule has 0 saturated carbocycles. The van der Waals surface area contributed by atoms with E-state index in [1.54, 1.807) is 0 Å². The summed E-state index contributed by atoms with van der Waals surface area (Å²) >= 11 is 0. The van der Waals surface area contributed by atoms with Crippen LogP contribution in [0.2, 0.25) is 0 Å². The van der Waals surface area contributed by atoms with E-state index < -0.39 is 5.95 Å². The molecule has 0 fully saturated rings. The van der Waals surface area contributed by atoms with Crippen LogP contribution in [0.3, 0.4) is 0 Å². The number of rotatable bonds is 2. The Kier molecular flexibility index (Phi) is 8.02. The average Bonchev–Trinajstić information content (AvgIpc) is 1.65. The minimum Gasteiger partial charge on any atom is -0.616 e. The van der Waals surface area contributed by atoms with Crippen LogP contribution in [0.25, 0.3) is 0 Å². The molecule has 0 saturated heterocycles. The van der Waals surface area contributed by atoms with Crippen molar-refractivity contribution >= 4 is 5.78 Å². The predicted octanol–water partition coefficient (Wildman–Crippen LogP) is -3.57. The van der Waals surface area contributed by atoms with Gasteiger partial charge in [-0.3, -0.25) is 4.79 Å². The van der Waals surface area contributed by atoms with Gasteiger partial charge in [-0.15, -0.1) is 0 Å². The van der Waals surface area contributed by atoms with Crippen molar-refractivity contribution in [1.82, 2.24) is 0 Å². The standard InChI is InChI=1S/C5H8O3.Na/c1-4(6)3-5(7)8-2;/h3,7H,1-2H3;/q;+1/p-1/b5-3+;. The quantitative estimate of drug-likeness (QED) is 0.225. The second-order valence-corrected chi connectivity index (χ2v) is 1.28. The van der Waals surface area contributed by atoms with Gasteiger partial charge in [-0.05, 0) is 14.0 Å². The Morgan fingerprint density at radius 1 is 1.67 bits per heavy atom. The molecular weight excluding hydrogens is 131 g/mol. The first kappa shape index (κ1) is 11.8. The Hall–Kier alpha value is 0.0100. The molecule has 0 unspecified atom stereocenters. The van der Waals surface area contributed by atoms with E-state index in [2.05, 4.69) is 4.74 Å². The molecule has 3 nitrogen and oxygen atoms in total. The van der Waals surface area contributed by atoms with Crippen LogP contribution in [0.4, 0.5) is 0 Å². The van der Waals surface area contributed by atoms with Crippen molar-refractivity contribution < 1.29 is 44.2 Å². The first-order valence-corrected chi connectivity index (χ1v) is 2.10. The van der Waals surface area contributed by atoms with Gasteiger partial charge in [-0.1, -0.05) is 0 Å². The van der Waals surface area contributed by atoms with Gasteiger partial charge in [0, 0.05) is 6.08 Å². The first-order chi connectivity index (χ1) is 3.66. The minimum absolute atomic E-state index is 0. The summed E-state index contributed by atoms with van der Waals surface area (Å²) in [7, 11) is 1.22. The Morgan fingerprint density at radius 3 is 2.22 bits per heavy atom. The van der Waals surface area contributed by atoms with Gasteiger partial charge < -0.3 is 9.84 Å². The van der Waals surface area contributed by atoms with Gasteiger partial charge in [0.2, 0.25) is 0 Å². The van der Waals surface area contributed by atoms with Crippen molar-refractivity contribution in [2.75, 3.05) is 7.11 Å². The first-order valence-electron chi connectivity index (χ1n) is 2.10. The normalized spacial score (nSPS) is 9.78. The third-order valence-corrected chi connectivity index (χ3v) is 0.522. The Morgan fingerprint density at radius 2 is 2.11 bits per heavy atom. The van der Waals surface area contributed by atoms with E-state index in [1.807, 2.05) is 0 Å². The molecule has 0 N–H and O–H groups in total. The molecule has 0 aliphatic rings. The summed E-state index contributed by atoms with van der Waals surface area (Å²) in [4.78, 5) is 10.1. The fourth-order valence-corrected chi connectivity index (χ4v) is 0.225. The van der Waals surface area contributed by atoms with Gasteiger partial charge in [0.05, 0.1) is 5.95 Å². The van der Waals surface area contributed by atoms with Crippen LogP contribution in [0.1, 0.15) is 6.92 Å². The summed E-state index contributed by atoms with van der Waals surface area (Å²) in [6.45, 7) is 1.29. The van der Waals surface area contributed by atoms with Crippen molar-refractivity contribution in [3.63, 3.8) is 0 Å². The van der Waals surface area contributed by atoms with Gasteiger partial charge in [0.15, 0.2) is 5.78 Å². The number of ketones is 1. The van der Waals surface area contributed by atoms with E-state index in [4.69, 9.17) is 0 Å². The largest absolute Gasteiger partial charge is 1.00 e. The number of carbonyl (C=O) groups is 1. The molecule has 0 aromatic rings. The molecule has 0 aliphatic heterocycles. The van der Waals surface area contributed by atoms with Crippen LogP contribution in [-0.4, -0.2) is 12.9 Å². The van der Waals surface area contributed by atoms with Crippen LogP contribution < -0.4 is 34.7 Å². The van der Waals surface area contributed by atoms with E-state index >= 15 is 0 Å². The molecular formula is C5H7NaO3. The van der Waals surface area contributed by atoms with Crippen molar-refractivity contribution in [2.45, 2.75) is 6.92 Å². The molecule has 0 radical (unpaired) electrons. The van der Waals surface area contributed by atoms with E-state index in [0.29, 0.717) is 0 Å². The zero-order valence-corrected chi connectivity index (χ0v) is 7.80. The van der Waals surface area contributed by atoms with Crippen LogP contribution in [0.15, 0.2) is 12.0 Å². The van der Waals surface area contributed by atoms with Crippen molar-refractivity contribution in [2.24, 2.45) is 0 Å². The molecule has 46 valence electrons. The molecule has 9 heavy (non-hydrogen) atoms. The summed E-state index contributed by atoms with van der Waals surface area (Å²) in [6, 6.07) is 0. The second kappa shape index (κ2) is 6.13. The number of ether oxygens (including phenoxy) is 1. The zero-order chi connectivity index (χ0) is 6.57. The Balaban J connectivity index is 0. The van der Waals surface area contributed by atoms with Crippen LogP contribution in [0, 0.1) is 0 Å². The van der Waals surface area contributed by atoms with E-state index in [1.165, 1.54) is 14.0 Å². The molecule has 4 heteroatoms. The van der Waals surface area contributed by atoms with Gasteiger partial charge in [0.1, 0.15) is 0 Å². The number of methoxy groups -OCH3 is 1. The summed E-state index contributed by atoms with van der Waals surface area (Å²) in [5.41, 5.74) is 0. The van der Waals surface area contributed by atoms with Crippen molar-refractivity contribution in [3.8, 4) is 0 Å². The van der Waals surface area contributed by atoms with Gasteiger partial charge in [-0.25, -0.2) is 0 Å². The summed E-state index contributed by atoms with van der Waals surface area (Å²) < 4.78 is 4.15. The maximum Gasteiger partial charge on any atom is 1.00 e. The summed E-state index contributed by atoms with van der Waals surface area (Å²) in [5, 5.41) is 10.1. The Bertz CT molecular complexity index is 119. The Labute approximate surface area is 76.0 Å². The van der Waals surface area contributed by atoms with Crippen molar-refractivity contribution in [1.29, 1.82) is 0 Å². The number of allylic oxidation sites excluding steroid dienone is 1. The van der Waals surface area contributed by atoms with E-state index in [9.17, 15) is 9.90 Å². The smallest absolute Gasteiger partial charge is 0.616 e. The van der Waals surface area contributed by atoms with E-state index in [0.717, 1.165) is 6.08 Å². The maximum atomic E-state index is 10.1. The van der Waals surface area contributed by atoms with E-state index in [-0.39, 0.29) is 35.3 Å². The number of hydrogen-bond acceptors (Lipinski definition) is 3. The molecule has 0 heterocycles. The third-order valence-electron chi connectivity index (χ3n) is 0.522. The molecule has 0 atom stereocenters. The van der Waals surface area contributed by atoms with Gasteiger partial charge in [0.25, 0.3) is 0 Å². The number of carbonyl (C=O) groups excluding carboxylic acids is 1. The maximum absolute atomic E-state index is 10.1. The van der Waals surface area contributed by atoms with Crippen LogP contribution >= 0.6 is 0 Å². The second-order valence-electron chi connectivity index (χ2n) is 1.28. The molecule has 0 rings (SSSR count). The topological polar surface area (TPSA) is 49.4 Å². The molecule has 0 aliphatic carbocycles. The molecule has 0 spiro atoms. The molecule has 0 aromatic carbocycles. The molecule has 0 aromatic heterocycles. The third kappa shape index (κ3) is 8.01.